The van der Waals surface area contributed by atoms with Gasteiger partial charge in [0, 0.05) is 0 Å². The van der Waals surface area contributed by atoms with Crippen molar-refractivity contribution in [2.45, 2.75) is 18.8 Å². The molecule has 92 valence electrons. The molecule has 0 aromatic heterocycles. The minimum Gasteiger partial charge on any atom is -0.468 e. The highest BCUT2D eigenvalue weighted by Crippen LogP contribution is 2.54. The number of aryl methyl sites for hydroxylation is 1. The van der Waals surface area contributed by atoms with Crippen LogP contribution in [0.2, 0.25) is 0 Å². The number of carbonyl (C=O) groups is 1. The Labute approximate surface area is 102 Å². The van der Waals surface area contributed by atoms with Gasteiger partial charge in [-0.2, -0.15) is 0 Å². The predicted molar refractivity (Wildman–Crippen MR) is 66.9 cm³/mol. The van der Waals surface area contributed by atoms with E-state index in [1.54, 1.807) is 0 Å². The van der Waals surface area contributed by atoms with Crippen molar-refractivity contribution in [2.75, 3.05) is 20.7 Å². The first-order valence-electron chi connectivity index (χ1n) is 5.95. The Morgan fingerprint density at radius 1 is 1.47 bits per heavy atom. The smallest absolute Gasteiger partial charge is 0.316 e. The molecule has 1 aromatic carbocycles. The third-order valence-electron chi connectivity index (χ3n) is 3.67. The van der Waals surface area contributed by atoms with E-state index in [1.807, 2.05) is 26.1 Å². The fraction of sp³-hybridized carbons (Fsp3) is 0.500. The van der Waals surface area contributed by atoms with Gasteiger partial charge < -0.3 is 10.1 Å². The predicted octanol–water partition coefficient (Wildman–Crippen LogP) is 1.65. The first kappa shape index (κ1) is 12.1. The molecule has 3 nitrogen and oxygen atoms in total. The van der Waals surface area contributed by atoms with Crippen LogP contribution in [0.15, 0.2) is 24.3 Å². The van der Waals surface area contributed by atoms with Gasteiger partial charge in [-0.05, 0) is 38.4 Å². The first-order valence-corrected chi connectivity index (χ1v) is 5.95. The zero-order valence-electron chi connectivity index (χ0n) is 10.6. The van der Waals surface area contributed by atoms with Gasteiger partial charge in [0.1, 0.15) is 0 Å². The van der Waals surface area contributed by atoms with Crippen molar-refractivity contribution in [3.63, 3.8) is 0 Å². The number of rotatable bonds is 4. The highest BCUT2D eigenvalue weighted by Gasteiger charge is 2.61. The summed E-state index contributed by atoms with van der Waals surface area (Å²) in [5, 5.41) is 3.14. The lowest BCUT2D eigenvalue weighted by Crippen LogP contribution is -2.27. The molecule has 2 unspecified atom stereocenters. The number of carbonyl (C=O) groups excluding carboxylic acids is 1. The topological polar surface area (TPSA) is 38.3 Å². The third kappa shape index (κ3) is 1.95. The van der Waals surface area contributed by atoms with Gasteiger partial charge >= 0.3 is 5.97 Å². The van der Waals surface area contributed by atoms with Crippen molar-refractivity contribution >= 4 is 5.97 Å². The molecule has 17 heavy (non-hydrogen) atoms. The summed E-state index contributed by atoms with van der Waals surface area (Å²) in [5.41, 5.74) is 1.88. The summed E-state index contributed by atoms with van der Waals surface area (Å²) >= 11 is 0. The number of benzene rings is 1. The second-order valence-corrected chi connectivity index (χ2v) is 4.79. The average Bonchev–Trinajstić information content (AvgIpc) is 3.05. The maximum atomic E-state index is 12.0. The second-order valence-electron chi connectivity index (χ2n) is 4.79. The summed E-state index contributed by atoms with van der Waals surface area (Å²) in [6, 6.07) is 8.19. The van der Waals surface area contributed by atoms with Crippen LogP contribution in [0.4, 0.5) is 0 Å². The van der Waals surface area contributed by atoms with Crippen LogP contribution in [-0.4, -0.2) is 26.7 Å². The largest absolute Gasteiger partial charge is 0.468 e. The molecule has 3 heteroatoms. The zero-order chi connectivity index (χ0) is 12.5. The highest BCUT2D eigenvalue weighted by atomic mass is 16.5. The molecule has 0 radical (unpaired) electrons. The lowest BCUT2D eigenvalue weighted by Gasteiger charge is -2.15. The van der Waals surface area contributed by atoms with Gasteiger partial charge in [-0.15, -0.1) is 0 Å². The van der Waals surface area contributed by atoms with Crippen molar-refractivity contribution < 1.29 is 9.53 Å². The number of nitrogens with one attached hydrogen (secondary N) is 1. The zero-order valence-corrected chi connectivity index (χ0v) is 10.6. The van der Waals surface area contributed by atoms with E-state index >= 15 is 0 Å². The van der Waals surface area contributed by atoms with Crippen LogP contribution in [-0.2, 0) is 14.9 Å². The van der Waals surface area contributed by atoms with Crippen molar-refractivity contribution in [3.8, 4) is 0 Å². The Balaban J connectivity index is 2.30. The molecule has 0 aliphatic heterocycles. The molecule has 0 bridgehead atoms. The molecule has 0 amide bonds. The normalized spacial score (nSPS) is 26.6. The summed E-state index contributed by atoms with van der Waals surface area (Å²) in [4.78, 5) is 12.0. The van der Waals surface area contributed by atoms with Gasteiger partial charge in [-0.1, -0.05) is 29.8 Å². The second kappa shape index (κ2) is 4.49. The molecule has 2 atom stereocenters. The standard InChI is InChI=1S/C14H19NO2/c1-10-4-6-11(7-5-10)14(13(16)17-3)8-12(14)9-15-2/h4-7,12,15H,8-9H2,1-3H3. The van der Waals surface area contributed by atoms with Crippen LogP contribution < -0.4 is 5.32 Å². The number of esters is 1. The Kier molecular flexibility index (Phi) is 3.20. The van der Waals surface area contributed by atoms with E-state index < -0.39 is 5.41 Å². The lowest BCUT2D eigenvalue weighted by molar-refractivity contribution is -0.144. The fourth-order valence-electron chi connectivity index (χ4n) is 2.58. The summed E-state index contributed by atoms with van der Waals surface area (Å²) in [7, 11) is 3.38. The van der Waals surface area contributed by atoms with Gasteiger partial charge in [0.25, 0.3) is 0 Å². The van der Waals surface area contributed by atoms with E-state index in [-0.39, 0.29) is 5.97 Å². The molecular formula is C14H19NO2. The minimum absolute atomic E-state index is 0.110. The molecule has 0 saturated heterocycles. The van der Waals surface area contributed by atoms with E-state index in [1.165, 1.54) is 12.7 Å². The highest BCUT2D eigenvalue weighted by molar-refractivity contribution is 5.87. The molecule has 1 N–H and O–H groups in total. The van der Waals surface area contributed by atoms with Crippen molar-refractivity contribution in [1.82, 2.24) is 5.32 Å². The Morgan fingerprint density at radius 2 is 2.12 bits per heavy atom. The van der Waals surface area contributed by atoms with Crippen LogP contribution in [0, 0.1) is 12.8 Å². The third-order valence-corrected chi connectivity index (χ3v) is 3.67. The fourth-order valence-corrected chi connectivity index (χ4v) is 2.58. The molecule has 1 aliphatic carbocycles. The van der Waals surface area contributed by atoms with Crippen molar-refractivity contribution in [2.24, 2.45) is 5.92 Å². The number of ether oxygens (including phenoxy) is 1. The molecule has 0 spiro atoms. The monoisotopic (exact) mass is 233 g/mol. The Hall–Kier alpha value is -1.35. The SMILES string of the molecule is CNCC1CC1(C(=O)OC)c1ccc(C)cc1. The molecule has 1 aliphatic rings. The first-order chi connectivity index (χ1) is 8.15. The number of methoxy groups -OCH3 is 1. The van der Waals surface area contributed by atoms with Gasteiger partial charge in [-0.25, -0.2) is 0 Å². The van der Waals surface area contributed by atoms with Gasteiger partial charge in [0.2, 0.25) is 0 Å². The van der Waals surface area contributed by atoms with Crippen LogP contribution in [0.25, 0.3) is 0 Å². The molecule has 1 aromatic rings. The van der Waals surface area contributed by atoms with E-state index in [0.717, 1.165) is 18.5 Å². The summed E-state index contributed by atoms with van der Waals surface area (Å²) in [6.45, 7) is 2.90. The number of hydrogen-bond acceptors (Lipinski definition) is 3. The van der Waals surface area contributed by atoms with E-state index in [0.29, 0.717) is 5.92 Å². The average molecular weight is 233 g/mol. The van der Waals surface area contributed by atoms with Crippen LogP contribution in [0.3, 0.4) is 0 Å². The quantitative estimate of drug-likeness (QED) is 0.804. The molecule has 1 fully saturated rings. The summed E-state index contributed by atoms with van der Waals surface area (Å²) in [5.74, 6) is 0.240. The molecule has 1 saturated carbocycles. The van der Waals surface area contributed by atoms with Gasteiger partial charge in [0.15, 0.2) is 0 Å². The summed E-state index contributed by atoms with van der Waals surface area (Å²) < 4.78 is 4.97. The minimum atomic E-state index is -0.411. The molecule has 2 rings (SSSR count). The van der Waals surface area contributed by atoms with Crippen molar-refractivity contribution in [1.29, 1.82) is 0 Å². The maximum absolute atomic E-state index is 12.0. The summed E-state index contributed by atoms with van der Waals surface area (Å²) in [6.07, 6.45) is 0.879. The number of hydrogen-bond donors (Lipinski definition) is 1. The molecule has 0 heterocycles. The van der Waals surface area contributed by atoms with Crippen LogP contribution in [0.1, 0.15) is 17.5 Å². The van der Waals surface area contributed by atoms with Gasteiger partial charge in [-0.3, -0.25) is 4.79 Å². The van der Waals surface area contributed by atoms with Crippen molar-refractivity contribution in [3.05, 3.63) is 35.4 Å². The van der Waals surface area contributed by atoms with E-state index in [9.17, 15) is 4.79 Å². The lowest BCUT2D eigenvalue weighted by atomic mass is 9.92. The van der Waals surface area contributed by atoms with Crippen LogP contribution in [0.5, 0.6) is 0 Å². The maximum Gasteiger partial charge on any atom is 0.316 e. The van der Waals surface area contributed by atoms with Gasteiger partial charge in [0.05, 0.1) is 12.5 Å². The Bertz CT molecular complexity index is 413. The molecular weight excluding hydrogens is 214 g/mol. The van der Waals surface area contributed by atoms with Crippen LogP contribution >= 0.6 is 0 Å². The van der Waals surface area contributed by atoms with E-state index in [2.05, 4.69) is 17.4 Å². The van der Waals surface area contributed by atoms with E-state index in [4.69, 9.17) is 4.74 Å². The Morgan fingerprint density at radius 3 is 2.65 bits per heavy atom.